The minimum atomic E-state index is 0.710. The van der Waals surface area contributed by atoms with Crippen molar-refractivity contribution < 1.29 is 0 Å². The number of hydrogen-bond acceptors (Lipinski definition) is 0. The van der Waals surface area contributed by atoms with Crippen molar-refractivity contribution in [2.45, 2.75) is 0 Å². The topological polar surface area (TPSA) is 4.36 Å². The lowest BCUT2D eigenvalue weighted by Gasteiger charge is -2.05. The van der Waals surface area contributed by atoms with E-state index in [-0.39, 0.29) is 0 Å². The molecule has 0 aliphatic carbocycles. The summed E-state index contributed by atoms with van der Waals surface area (Å²) in [5.41, 5.74) is 2.85. The van der Waals surface area contributed by atoms with Crippen LogP contribution in [0.15, 0.2) is 48.5 Å². The van der Waals surface area contributed by atoms with Gasteiger partial charge in [0.15, 0.2) is 5.69 Å². The average Bonchev–Trinajstić information content (AvgIpc) is 2.30. The van der Waals surface area contributed by atoms with Crippen LogP contribution in [0.1, 0.15) is 0 Å². The van der Waals surface area contributed by atoms with Gasteiger partial charge in [0.2, 0.25) is 0 Å². The Labute approximate surface area is 103 Å². The van der Waals surface area contributed by atoms with Gasteiger partial charge in [0.05, 0.1) is 6.57 Å². The first-order valence-corrected chi connectivity index (χ1v) is 5.62. The molecule has 2 heteroatoms. The molecular formula is C13H8IN. The maximum atomic E-state index is 7.13. The Balaban J connectivity index is 2.65. The van der Waals surface area contributed by atoms with E-state index in [4.69, 9.17) is 6.57 Å². The Hall–Kier alpha value is -1.34. The summed E-state index contributed by atoms with van der Waals surface area (Å²) >= 11 is 2.29. The minimum absolute atomic E-state index is 0.710. The Bertz CT molecular complexity index is 526. The molecule has 0 atom stereocenters. The molecule has 0 N–H and O–H groups in total. The van der Waals surface area contributed by atoms with Crippen LogP contribution in [0.3, 0.4) is 0 Å². The fourth-order valence-electron chi connectivity index (χ4n) is 1.48. The second-order valence-corrected chi connectivity index (χ2v) is 4.27. The molecule has 0 heterocycles. The predicted molar refractivity (Wildman–Crippen MR) is 70.9 cm³/mol. The summed E-state index contributed by atoms with van der Waals surface area (Å²) in [4.78, 5) is 3.53. The van der Waals surface area contributed by atoms with Gasteiger partial charge in [0.25, 0.3) is 0 Å². The van der Waals surface area contributed by atoms with Crippen LogP contribution in [-0.2, 0) is 0 Å². The molecule has 2 rings (SSSR count). The summed E-state index contributed by atoms with van der Waals surface area (Å²) in [7, 11) is 0. The molecule has 0 spiro atoms. The predicted octanol–water partition coefficient (Wildman–Crippen LogP) is 4.51. The smallest absolute Gasteiger partial charge is 0.194 e. The lowest BCUT2D eigenvalue weighted by molar-refractivity contribution is 1.59. The maximum Gasteiger partial charge on any atom is 0.194 e. The van der Waals surface area contributed by atoms with Crippen molar-refractivity contribution in [2.75, 3.05) is 0 Å². The molecule has 0 aliphatic heterocycles. The third-order valence-electron chi connectivity index (χ3n) is 2.19. The molecule has 72 valence electrons. The summed E-state index contributed by atoms with van der Waals surface area (Å²) in [5, 5.41) is 0. The van der Waals surface area contributed by atoms with Crippen molar-refractivity contribution in [3.8, 4) is 11.1 Å². The average molecular weight is 305 g/mol. The van der Waals surface area contributed by atoms with Crippen LogP contribution in [-0.4, -0.2) is 0 Å². The second kappa shape index (κ2) is 4.45. The number of hydrogen-bond donors (Lipinski definition) is 0. The molecule has 15 heavy (non-hydrogen) atoms. The van der Waals surface area contributed by atoms with E-state index in [1.807, 2.05) is 42.5 Å². The standard InChI is InChI=1S/C13H8IN/c1-15-13-9-5-3-7-11(13)10-6-2-4-8-12(10)14/h2-9H. The van der Waals surface area contributed by atoms with Crippen LogP contribution in [0.25, 0.3) is 16.0 Å². The van der Waals surface area contributed by atoms with Crippen LogP contribution < -0.4 is 0 Å². The van der Waals surface area contributed by atoms with Crippen LogP contribution in [0.5, 0.6) is 0 Å². The Morgan fingerprint density at radius 2 is 1.47 bits per heavy atom. The number of halogens is 1. The fraction of sp³-hybridized carbons (Fsp3) is 0. The van der Waals surface area contributed by atoms with E-state index in [1.54, 1.807) is 0 Å². The van der Waals surface area contributed by atoms with Crippen molar-refractivity contribution in [1.82, 2.24) is 0 Å². The molecule has 0 fully saturated rings. The van der Waals surface area contributed by atoms with Gasteiger partial charge >= 0.3 is 0 Å². The van der Waals surface area contributed by atoms with Gasteiger partial charge in [-0.15, -0.1) is 0 Å². The van der Waals surface area contributed by atoms with E-state index in [9.17, 15) is 0 Å². The monoisotopic (exact) mass is 305 g/mol. The minimum Gasteiger partial charge on any atom is -0.238 e. The first-order valence-electron chi connectivity index (χ1n) is 4.54. The van der Waals surface area contributed by atoms with Gasteiger partial charge in [-0.3, -0.25) is 0 Å². The maximum absolute atomic E-state index is 7.13. The summed E-state index contributed by atoms with van der Waals surface area (Å²) in [6.45, 7) is 7.13. The molecular weight excluding hydrogens is 297 g/mol. The number of rotatable bonds is 1. The van der Waals surface area contributed by atoms with Gasteiger partial charge in [0.1, 0.15) is 0 Å². The lowest BCUT2D eigenvalue weighted by Crippen LogP contribution is -1.81. The highest BCUT2D eigenvalue weighted by atomic mass is 127. The van der Waals surface area contributed by atoms with Crippen molar-refractivity contribution in [1.29, 1.82) is 0 Å². The summed E-state index contributed by atoms with van der Waals surface area (Å²) in [6.07, 6.45) is 0. The Morgan fingerprint density at radius 3 is 2.13 bits per heavy atom. The van der Waals surface area contributed by atoms with Gasteiger partial charge in [-0.05, 0) is 39.8 Å². The molecule has 0 saturated heterocycles. The molecule has 0 radical (unpaired) electrons. The van der Waals surface area contributed by atoms with Gasteiger partial charge < -0.3 is 0 Å². The fourth-order valence-corrected chi connectivity index (χ4v) is 2.16. The van der Waals surface area contributed by atoms with Crippen molar-refractivity contribution in [3.63, 3.8) is 0 Å². The normalized spacial score (nSPS) is 9.60. The zero-order valence-electron chi connectivity index (χ0n) is 7.94. The first-order chi connectivity index (χ1) is 7.33. The van der Waals surface area contributed by atoms with Gasteiger partial charge in [0, 0.05) is 3.57 Å². The third-order valence-corrected chi connectivity index (χ3v) is 3.13. The van der Waals surface area contributed by atoms with Crippen LogP contribution in [0, 0.1) is 10.1 Å². The van der Waals surface area contributed by atoms with E-state index in [0.29, 0.717) is 5.69 Å². The first kappa shape index (κ1) is 10.2. The van der Waals surface area contributed by atoms with Gasteiger partial charge in [-0.25, -0.2) is 4.85 Å². The van der Waals surface area contributed by atoms with E-state index in [0.717, 1.165) is 11.1 Å². The highest BCUT2D eigenvalue weighted by Gasteiger charge is 2.06. The quantitative estimate of drug-likeness (QED) is 0.539. The van der Waals surface area contributed by atoms with Crippen molar-refractivity contribution in [2.24, 2.45) is 0 Å². The SMILES string of the molecule is [C-]#[N+]c1ccccc1-c1ccccc1I. The number of para-hydroxylation sites is 1. The summed E-state index contributed by atoms with van der Waals surface area (Å²) in [5.74, 6) is 0. The second-order valence-electron chi connectivity index (χ2n) is 3.11. The molecule has 0 aromatic heterocycles. The van der Waals surface area contributed by atoms with Crippen LogP contribution in [0.4, 0.5) is 5.69 Å². The molecule has 2 aromatic rings. The number of benzene rings is 2. The molecule has 0 bridgehead atoms. The zero-order chi connectivity index (χ0) is 10.7. The summed E-state index contributed by atoms with van der Waals surface area (Å²) < 4.78 is 1.17. The largest absolute Gasteiger partial charge is 0.238 e. The zero-order valence-corrected chi connectivity index (χ0v) is 10.1. The van der Waals surface area contributed by atoms with E-state index >= 15 is 0 Å². The molecule has 1 nitrogen and oxygen atoms in total. The van der Waals surface area contributed by atoms with Crippen LogP contribution in [0.2, 0.25) is 0 Å². The molecule has 0 unspecified atom stereocenters. The highest BCUT2D eigenvalue weighted by Crippen LogP contribution is 2.32. The van der Waals surface area contributed by atoms with Crippen molar-refractivity contribution >= 4 is 28.3 Å². The van der Waals surface area contributed by atoms with Gasteiger partial charge in [-0.1, -0.05) is 42.5 Å². The third kappa shape index (κ3) is 2.02. The molecule has 2 aromatic carbocycles. The van der Waals surface area contributed by atoms with Crippen molar-refractivity contribution in [3.05, 3.63) is 63.5 Å². The number of nitrogens with zero attached hydrogens (tertiary/aromatic N) is 1. The van der Waals surface area contributed by atoms with E-state index in [1.165, 1.54) is 3.57 Å². The lowest BCUT2D eigenvalue weighted by atomic mass is 10.0. The van der Waals surface area contributed by atoms with E-state index in [2.05, 4.69) is 33.5 Å². The molecule has 0 amide bonds. The Morgan fingerprint density at radius 1 is 0.867 bits per heavy atom. The van der Waals surface area contributed by atoms with Crippen LogP contribution >= 0.6 is 22.6 Å². The Kier molecular flexibility index (Phi) is 3.02. The van der Waals surface area contributed by atoms with E-state index < -0.39 is 0 Å². The molecule has 0 saturated carbocycles. The summed E-state index contributed by atoms with van der Waals surface area (Å²) in [6, 6.07) is 15.8. The molecule has 0 aliphatic rings. The van der Waals surface area contributed by atoms with Gasteiger partial charge in [-0.2, -0.15) is 0 Å². The highest BCUT2D eigenvalue weighted by molar-refractivity contribution is 14.1.